The van der Waals surface area contributed by atoms with Gasteiger partial charge in [-0.2, -0.15) is 0 Å². The summed E-state index contributed by atoms with van der Waals surface area (Å²) in [5.74, 6) is 8.82. The zero-order chi connectivity index (χ0) is 22.8. The SMILES string of the molecule is CCCCCCCC#CCO[C@@H]1C[C@@H]2[C@H](CC[C@]3(C)C(=O)CC[C@@H]23)[C@@]2(C)CCC(=O)C=C12. The summed E-state index contributed by atoms with van der Waals surface area (Å²) in [5, 5.41) is 0. The maximum Gasteiger partial charge on any atom is 0.155 e. The molecule has 0 spiro atoms. The number of unbranched alkanes of at least 4 members (excludes halogenated alkanes) is 5. The zero-order valence-electron chi connectivity index (χ0n) is 20.5. The topological polar surface area (TPSA) is 43.4 Å². The van der Waals surface area contributed by atoms with Crippen molar-refractivity contribution in [3.63, 3.8) is 0 Å². The number of carbonyl (C=O) groups excluding carboxylic acids is 2. The molecule has 3 nitrogen and oxygen atoms in total. The van der Waals surface area contributed by atoms with Crippen LogP contribution in [0, 0.1) is 40.4 Å². The summed E-state index contributed by atoms with van der Waals surface area (Å²) in [5.41, 5.74) is 1.12. The quantitative estimate of drug-likeness (QED) is 0.339. The van der Waals surface area contributed by atoms with Crippen LogP contribution in [0.25, 0.3) is 0 Å². The van der Waals surface area contributed by atoms with Crippen molar-refractivity contribution in [2.24, 2.45) is 28.6 Å². The minimum atomic E-state index is -0.134. The Morgan fingerprint density at radius 3 is 2.56 bits per heavy atom. The lowest BCUT2D eigenvalue weighted by atomic mass is 9.47. The minimum Gasteiger partial charge on any atom is -0.361 e. The molecular formula is C29H42O3. The summed E-state index contributed by atoms with van der Waals surface area (Å²) in [4.78, 5) is 25.1. The molecule has 0 radical (unpaired) electrons. The van der Waals surface area contributed by atoms with Crippen molar-refractivity contribution in [1.29, 1.82) is 0 Å². The first-order chi connectivity index (χ1) is 15.4. The third kappa shape index (κ3) is 4.37. The second-order valence-electron chi connectivity index (χ2n) is 11.3. The monoisotopic (exact) mass is 438 g/mol. The average molecular weight is 439 g/mol. The third-order valence-electron chi connectivity index (χ3n) is 9.55. The van der Waals surface area contributed by atoms with E-state index < -0.39 is 0 Å². The summed E-state index contributed by atoms with van der Waals surface area (Å²) in [6.07, 6.45) is 15.6. The first-order valence-corrected chi connectivity index (χ1v) is 13.3. The van der Waals surface area contributed by atoms with E-state index in [4.69, 9.17) is 4.74 Å². The largest absolute Gasteiger partial charge is 0.361 e. The Kier molecular flexibility index (Phi) is 7.30. The van der Waals surface area contributed by atoms with Crippen LogP contribution < -0.4 is 0 Å². The van der Waals surface area contributed by atoms with E-state index >= 15 is 0 Å². The Hall–Kier alpha value is -1.40. The van der Waals surface area contributed by atoms with Crippen LogP contribution in [0.15, 0.2) is 11.6 Å². The molecular weight excluding hydrogens is 396 g/mol. The van der Waals surface area contributed by atoms with Gasteiger partial charge in [-0.05, 0) is 73.3 Å². The zero-order valence-corrected chi connectivity index (χ0v) is 20.5. The maximum atomic E-state index is 12.7. The first-order valence-electron chi connectivity index (χ1n) is 13.3. The summed E-state index contributed by atoms with van der Waals surface area (Å²) in [6, 6.07) is 0. The average Bonchev–Trinajstić information content (AvgIpc) is 3.08. The Balaban J connectivity index is 1.45. The summed E-state index contributed by atoms with van der Waals surface area (Å²) >= 11 is 0. The van der Waals surface area contributed by atoms with Gasteiger partial charge < -0.3 is 4.74 Å². The van der Waals surface area contributed by atoms with E-state index in [9.17, 15) is 9.59 Å². The van der Waals surface area contributed by atoms with Crippen molar-refractivity contribution >= 4 is 11.6 Å². The van der Waals surface area contributed by atoms with E-state index in [-0.39, 0.29) is 22.7 Å². The van der Waals surface area contributed by atoms with Gasteiger partial charge in [0.05, 0.1) is 6.10 Å². The molecule has 3 heteroatoms. The molecule has 0 amide bonds. The van der Waals surface area contributed by atoms with Gasteiger partial charge in [-0.25, -0.2) is 0 Å². The standard InChI is InChI=1S/C29H42O3/c1-4-5-6-7-8-9-10-11-18-32-26-20-22-23-12-13-27(31)29(23,3)17-15-24(22)28(2)16-14-21(30)19-25(26)28/h19,22-24,26H,4-9,12-18,20H2,1-3H3/t22-,23-,24-,26+,28+,29-/m0/s1. The van der Waals surface area contributed by atoms with E-state index in [0.717, 1.165) is 44.9 Å². The van der Waals surface area contributed by atoms with Crippen LogP contribution in [0.1, 0.15) is 104 Å². The van der Waals surface area contributed by atoms with Crippen molar-refractivity contribution in [3.8, 4) is 11.8 Å². The molecule has 0 aliphatic heterocycles. The van der Waals surface area contributed by atoms with Gasteiger partial charge in [-0.1, -0.05) is 52.4 Å². The third-order valence-corrected chi connectivity index (χ3v) is 9.55. The molecule has 3 saturated carbocycles. The highest BCUT2D eigenvalue weighted by atomic mass is 16.5. The lowest BCUT2D eigenvalue weighted by molar-refractivity contribution is -0.135. The number of ketones is 2. The second kappa shape index (κ2) is 9.84. The molecule has 4 aliphatic carbocycles. The highest BCUT2D eigenvalue weighted by Gasteiger charge is 2.60. The van der Waals surface area contributed by atoms with Crippen molar-refractivity contribution in [2.75, 3.05) is 6.61 Å². The van der Waals surface area contributed by atoms with Gasteiger partial charge in [0.1, 0.15) is 12.4 Å². The fraction of sp³-hybridized carbons (Fsp3) is 0.793. The van der Waals surface area contributed by atoms with Crippen molar-refractivity contribution in [2.45, 2.75) is 110 Å². The molecule has 0 saturated heterocycles. The van der Waals surface area contributed by atoms with Crippen LogP contribution >= 0.6 is 0 Å². The van der Waals surface area contributed by atoms with Gasteiger partial charge in [-0.15, -0.1) is 5.92 Å². The van der Waals surface area contributed by atoms with Crippen LogP contribution in [0.4, 0.5) is 0 Å². The minimum absolute atomic E-state index is 0.0255. The van der Waals surface area contributed by atoms with Gasteiger partial charge in [-0.3, -0.25) is 9.59 Å². The highest BCUT2D eigenvalue weighted by Crippen LogP contribution is 2.64. The van der Waals surface area contributed by atoms with Gasteiger partial charge in [0.25, 0.3) is 0 Å². The fourth-order valence-corrected chi connectivity index (χ4v) is 7.61. The van der Waals surface area contributed by atoms with Gasteiger partial charge in [0, 0.05) is 24.7 Å². The maximum absolute atomic E-state index is 12.7. The molecule has 4 aliphatic rings. The van der Waals surface area contributed by atoms with Gasteiger partial charge >= 0.3 is 0 Å². The van der Waals surface area contributed by atoms with Crippen LogP contribution in [0.3, 0.4) is 0 Å². The fourth-order valence-electron chi connectivity index (χ4n) is 7.61. The van der Waals surface area contributed by atoms with E-state index in [1.165, 1.54) is 37.7 Å². The van der Waals surface area contributed by atoms with Crippen molar-refractivity contribution < 1.29 is 14.3 Å². The van der Waals surface area contributed by atoms with Gasteiger partial charge in [0.15, 0.2) is 5.78 Å². The number of carbonyl (C=O) groups is 2. The van der Waals surface area contributed by atoms with E-state index in [0.29, 0.717) is 36.6 Å². The molecule has 4 rings (SSSR count). The molecule has 6 atom stereocenters. The Morgan fingerprint density at radius 2 is 1.75 bits per heavy atom. The van der Waals surface area contributed by atoms with Crippen molar-refractivity contribution in [1.82, 2.24) is 0 Å². The summed E-state index contributed by atoms with van der Waals surface area (Å²) in [7, 11) is 0. The molecule has 0 aromatic heterocycles. The molecule has 32 heavy (non-hydrogen) atoms. The molecule has 176 valence electrons. The summed E-state index contributed by atoms with van der Waals surface area (Å²) < 4.78 is 6.39. The lowest BCUT2D eigenvalue weighted by Crippen LogP contribution is -2.54. The van der Waals surface area contributed by atoms with E-state index in [1.807, 2.05) is 6.08 Å². The normalized spacial score (nSPS) is 38.3. The van der Waals surface area contributed by atoms with Crippen LogP contribution in [-0.2, 0) is 14.3 Å². The van der Waals surface area contributed by atoms with Gasteiger partial charge in [0.2, 0.25) is 0 Å². The van der Waals surface area contributed by atoms with E-state index in [1.54, 1.807) is 0 Å². The molecule has 3 fully saturated rings. The predicted octanol–water partition coefficient (Wildman–Crippen LogP) is 6.45. The number of fused-ring (bicyclic) bond motifs is 5. The highest BCUT2D eigenvalue weighted by molar-refractivity contribution is 5.92. The molecule has 0 heterocycles. The first kappa shape index (κ1) is 23.7. The number of Topliss-reactive ketones (excluding diaryl/α,β-unsaturated/α-hetero) is 1. The van der Waals surface area contributed by atoms with Crippen LogP contribution in [0.2, 0.25) is 0 Å². The van der Waals surface area contributed by atoms with Crippen LogP contribution in [-0.4, -0.2) is 24.3 Å². The predicted molar refractivity (Wildman–Crippen MR) is 128 cm³/mol. The number of hydrogen-bond acceptors (Lipinski definition) is 3. The molecule has 0 aromatic rings. The molecule has 0 aromatic carbocycles. The lowest BCUT2D eigenvalue weighted by Gasteiger charge is -2.58. The second-order valence-corrected chi connectivity index (χ2v) is 11.3. The Morgan fingerprint density at radius 1 is 0.969 bits per heavy atom. The molecule has 0 bridgehead atoms. The van der Waals surface area contributed by atoms with Crippen molar-refractivity contribution in [3.05, 3.63) is 11.6 Å². The Bertz CT molecular complexity index is 814. The van der Waals surface area contributed by atoms with E-state index in [2.05, 4.69) is 32.6 Å². The Labute approximate surface area is 195 Å². The molecule has 0 unspecified atom stereocenters. The molecule has 0 N–H and O–H groups in total. The number of hydrogen-bond donors (Lipinski definition) is 0. The number of ether oxygens (including phenoxy) is 1. The smallest absolute Gasteiger partial charge is 0.155 e. The van der Waals surface area contributed by atoms with Crippen LogP contribution in [0.5, 0.6) is 0 Å². The number of rotatable bonds is 7. The summed E-state index contributed by atoms with van der Waals surface area (Å²) in [6.45, 7) is 7.28.